The largest absolute Gasteiger partial charge is 0.399 e. The highest BCUT2D eigenvalue weighted by atomic mass is 16.1. The molecule has 1 aromatic carbocycles. The standard InChI is InChI=1S/C13H20N4O/c1-15-13(18)11-6-5-10(14)9-12(11)16-17-7-3-2-4-8-17/h5-6,9,16H,2-4,7-8,14H2,1H3,(H,15,18). The van der Waals surface area contributed by atoms with Crippen molar-refractivity contribution in [1.29, 1.82) is 0 Å². The highest BCUT2D eigenvalue weighted by Gasteiger charge is 2.14. The summed E-state index contributed by atoms with van der Waals surface area (Å²) in [6.07, 6.45) is 3.65. The van der Waals surface area contributed by atoms with Gasteiger partial charge in [-0.1, -0.05) is 6.42 Å². The lowest BCUT2D eigenvalue weighted by Crippen LogP contribution is -2.35. The second kappa shape index (κ2) is 5.73. The first kappa shape index (κ1) is 12.7. The minimum atomic E-state index is -0.102. The van der Waals surface area contributed by atoms with E-state index in [1.807, 2.05) is 0 Å². The molecule has 1 amide bonds. The van der Waals surface area contributed by atoms with Gasteiger partial charge in [0, 0.05) is 25.8 Å². The first-order valence-corrected chi connectivity index (χ1v) is 6.34. The van der Waals surface area contributed by atoms with Gasteiger partial charge in [-0.25, -0.2) is 5.01 Å². The number of piperidine rings is 1. The Bertz CT molecular complexity index is 427. The molecule has 5 nitrogen and oxygen atoms in total. The zero-order valence-electron chi connectivity index (χ0n) is 10.7. The van der Waals surface area contributed by atoms with Gasteiger partial charge in [-0.05, 0) is 31.0 Å². The van der Waals surface area contributed by atoms with E-state index in [1.54, 1.807) is 25.2 Å². The van der Waals surface area contributed by atoms with Gasteiger partial charge in [0.2, 0.25) is 0 Å². The number of carbonyl (C=O) groups is 1. The van der Waals surface area contributed by atoms with Gasteiger partial charge in [-0.2, -0.15) is 0 Å². The Kier molecular flexibility index (Phi) is 4.04. The maximum Gasteiger partial charge on any atom is 0.253 e. The number of amides is 1. The van der Waals surface area contributed by atoms with Crippen LogP contribution in [0.3, 0.4) is 0 Å². The average Bonchev–Trinajstić information content (AvgIpc) is 2.39. The highest BCUT2D eigenvalue weighted by molar-refractivity contribution is 6.00. The molecule has 2 rings (SSSR count). The van der Waals surface area contributed by atoms with Crippen LogP contribution in [0.15, 0.2) is 18.2 Å². The van der Waals surface area contributed by atoms with Gasteiger partial charge in [0.15, 0.2) is 0 Å². The van der Waals surface area contributed by atoms with E-state index in [9.17, 15) is 4.79 Å². The molecule has 0 atom stereocenters. The Morgan fingerprint density at radius 2 is 2.00 bits per heavy atom. The van der Waals surface area contributed by atoms with Crippen molar-refractivity contribution in [2.24, 2.45) is 0 Å². The number of rotatable bonds is 3. The SMILES string of the molecule is CNC(=O)c1ccc(N)cc1NN1CCCCC1. The molecular formula is C13H20N4O. The number of nitrogens with two attached hydrogens (primary N) is 1. The monoisotopic (exact) mass is 248 g/mol. The maximum atomic E-state index is 11.8. The summed E-state index contributed by atoms with van der Waals surface area (Å²) in [4.78, 5) is 11.8. The van der Waals surface area contributed by atoms with Crippen molar-refractivity contribution < 1.29 is 4.79 Å². The summed E-state index contributed by atoms with van der Waals surface area (Å²) < 4.78 is 0. The number of hydrogen-bond acceptors (Lipinski definition) is 4. The fourth-order valence-corrected chi connectivity index (χ4v) is 2.16. The molecular weight excluding hydrogens is 228 g/mol. The number of benzene rings is 1. The van der Waals surface area contributed by atoms with Crippen LogP contribution < -0.4 is 16.5 Å². The van der Waals surface area contributed by atoms with Crippen LogP contribution in [0.1, 0.15) is 29.6 Å². The molecule has 5 heteroatoms. The van der Waals surface area contributed by atoms with Gasteiger partial charge in [0.1, 0.15) is 0 Å². The van der Waals surface area contributed by atoms with E-state index in [2.05, 4.69) is 15.8 Å². The number of nitrogens with zero attached hydrogens (tertiary/aromatic N) is 1. The summed E-state index contributed by atoms with van der Waals surface area (Å²) in [7, 11) is 1.63. The molecule has 1 fully saturated rings. The Hall–Kier alpha value is -1.75. The van der Waals surface area contributed by atoms with Crippen molar-refractivity contribution in [2.75, 3.05) is 31.3 Å². The summed E-state index contributed by atoms with van der Waals surface area (Å²) in [5.41, 5.74) is 11.1. The lowest BCUT2D eigenvalue weighted by atomic mass is 10.1. The topological polar surface area (TPSA) is 70.4 Å². The summed E-state index contributed by atoms with van der Waals surface area (Å²) >= 11 is 0. The Morgan fingerprint density at radius 3 is 2.67 bits per heavy atom. The lowest BCUT2D eigenvalue weighted by molar-refractivity contribution is 0.0963. The number of nitrogens with one attached hydrogen (secondary N) is 2. The molecule has 1 aliphatic rings. The fraction of sp³-hybridized carbons (Fsp3) is 0.462. The molecule has 4 N–H and O–H groups in total. The third kappa shape index (κ3) is 2.92. The smallest absolute Gasteiger partial charge is 0.253 e. The van der Waals surface area contributed by atoms with Crippen LogP contribution >= 0.6 is 0 Å². The molecule has 0 aliphatic carbocycles. The summed E-state index contributed by atoms with van der Waals surface area (Å²) in [5.74, 6) is -0.102. The second-order valence-electron chi connectivity index (χ2n) is 4.54. The van der Waals surface area contributed by atoms with Gasteiger partial charge in [0.25, 0.3) is 5.91 Å². The third-order valence-corrected chi connectivity index (χ3v) is 3.15. The van der Waals surface area contributed by atoms with Gasteiger partial charge < -0.3 is 16.5 Å². The third-order valence-electron chi connectivity index (χ3n) is 3.15. The normalized spacial score (nSPS) is 16.3. The molecule has 98 valence electrons. The van der Waals surface area contributed by atoms with Crippen LogP contribution in [0.4, 0.5) is 11.4 Å². The van der Waals surface area contributed by atoms with Crippen molar-refractivity contribution in [1.82, 2.24) is 10.3 Å². The van der Waals surface area contributed by atoms with Crippen molar-refractivity contribution >= 4 is 17.3 Å². The van der Waals surface area contributed by atoms with Crippen LogP contribution in [0.25, 0.3) is 0 Å². The predicted molar refractivity (Wildman–Crippen MR) is 73.3 cm³/mol. The number of nitrogen functional groups attached to an aromatic ring is 1. The minimum absolute atomic E-state index is 0.102. The molecule has 1 aromatic rings. The van der Waals surface area contributed by atoms with Crippen LogP contribution in [-0.4, -0.2) is 31.1 Å². The van der Waals surface area contributed by atoms with Crippen molar-refractivity contribution in [3.63, 3.8) is 0 Å². The van der Waals surface area contributed by atoms with Crippen molar-refractivity contribution in [2.45, 2.75) is 19.3 Å². The molecule has 0 aromatic heterocycles. The van der Waals surface area contributed by atoms with Crippen LogP contribution in [-0.2, 0) is 0 Å². The Morgan fingerprint density at radius 1 is 1.28 bits per heavy atom. The summed E-state index contributed by atoms with van der Waals surface area (Å²) in [6, 6.07) is 5.30. The van der Waals surface area contributed by atoms with Crippen LogP contribution in [0.5, 0.6) is 0 Å². The lowest BCUT2D eigenvalue weighted by Gasteiger charge is -2.28. The van der Waals surface area contributed by atoms with Gasteiger partial charge in [-0.15, -0.1) is 0 Å². The van der Waals surface area contributed by atoms with E-state index < -0.39 is 0 Å². The summed E-state index contributed by atoms with van der Waals surface area (Å²) in [5, 5.41) is 4.78. The zero-order valence-corrected chi connectivity index (χ0v) is 10.7. The maximum absolute atomic E-state index is 11.8. The van der Waals surface area contributed by atoms with E-state index in [0.717, 1.165) is 18.8 Å². The molecule has 1 saturated heterocycles. The second-order valence-corrected chi connectivity index (χ2v) is 4.54. The van der Waals surface area contributed by atoms with Gasteiger partial charge in [-0.3, -0.25) is 4.79 Å². The van der Waals surface area contributed by atoms with Crippen LogP contribution in [0.2, 0.25) is 0 Å². The molecule has 0 bridgehead atoms. The van der Waals surface area contributed by atoms with E-state index in [0.29, 0.717) is 11.3 Å². The number of anilines is 2. The Labute approximate surface area is 107 Å². The Balaban J connectivity index is 2.18. The molecule has 0 radical (unpaired) electrons. The van der Waals surface area contributed by atoms with Gasteiger partial charge in [0.05, 0.1) is 11.3 Å². The van der Waals surface area contributed by atoms with Gasteiger partial charge >= 0.3 is 0 Å². The van der Waals surface area contributed by atoms with Crippen LogP contribution in [0, 0.1) is 0 Å². The minimum Gasteiger partial charge on any atom is -0.399 e. The molecule has 0 saturated carbocycles. The molecule has 0 unspecified atom stereocenters. The first-order valence-electron chi connectivity index (χ1n) is 6.34. The molecule has 1 aliphatic heterocycles. The van der Waals surface area contributed by atoms with Crippen molar-refractivity contribution in [3.05, 3.63) is 23.8 Å². The average molecular weight is 248 g/mol. The molecule has 18 heavy (non-hydrogen) atoms. The number of hydrazine groups is 1. The zero-order chi connectivity index (χ0) is 13.0. The van der Waals surface area contributed by atoms with E-state index in [-0.39, 0.29) is 5.91 Å². The fourth-order valence-electron chi connectivity index (χ4n) is 2.16. The number of carbonyl (C=O) groups excluding carboxylic acids is 1. The van der Waals surface area contributed by atoms with E-state index >= 15 is 0 Å². The highest BCUT2D eigenvalue weighted by Crippen LogP contribution is 2.21. The summed E-state index contributed by atoms with van der Waals surface area (Å²) in [6.45, 7) is 2.00. The van der Waals surface area contributed by atoms with Crippen molar-refractivity contribution in [3.8, 4) is 0 Å². The molecule has 1 heterocycles. The van der Waals surface area contributed by atoms with E-state index in [1.165, 1.54) is 19.3 Å². The first-order chi connectivity index (χ1) is 8.70. The molecule has 0 spiro atoms. The predicted octanol–water partition coefficient (Wildman–Crippen LogP) is 1.44. The van der Waals surface area contributed by atoms with E-state index in [4.69, 9.17) is 5.73 Å². The number of hydrogen-bond donors (Lipinski definition) is 3. The quantitative estimate of drug-likeness (QED) is 0.708.